The van der Waals surface area contributed by atoms with Crippen molar-refractivity contribution in [1.82, 2.24) is 0 Å². The third-order valence-corrected chi connectivity index (χ3v) is 4.94. The molecule has 0 bridgehead atoms. The van der Waals surface area contributed by atoms with Gasteiger partial charge in [-0.1, -0.05) is 64.5 Å². The lowest BCUT2D eigenvalue weighted by atomic mass is 9.87. The second-order valence-corrected chi connectivity index (χ2v) is 8.16. The highest BCUT2D eigenvalue weighted by molar-refractivity contribution is 5.75. The van der Waals surface area contributed by atoms with Crippen LogP contribution >= 0.6 is 0 Å². The smallest absolute Gasteiger partial charge is 0.311 e. The fraction of sp³-hybridized carbons (Fsp3) is 0.696. The van der Waals surface area contributed by atoms with Gasteiger partial charge in [0, 0.05) is 11.7 Å². The monoisotopic (exact) mass is 361 g/mol. The van der Waals surface area contributed by atoms with Gasteiger partial charge in [-0.3, -0.25) is 4.79 Å². The quantitative estimate of drug-likeness (QED) is 0.313. The first-order valence-corrected chi connectivity index (χ1v) is 10.4. The van der Waals surface area contributed by atoms with Crippen LogP contribution in [0.3, 0.4) is 0 Å². The van der Waals surface area contributed by atoms with Gasteiger partial charge in [0.15, 0.2) is 0 Å². The van der Waals surface area contributed by atoms with Crippen molar-refractivity contribution in [2.45, 2.75) is 98.6 Å². The van der Waals surface area contributed by atoms with E-state index in [-0.39, 0.29) is 5.97 Å². The summed E-state index contributed by atoms with van der Waals surface area (Å²) in [6.45, 7) is 11.0. The molecule has 0 radical (unpaired) electrons. The van der Waals surface area contributed by atoms with E-state index in [4.69, 9.17) is 4.74 Å². The van der Waals surface area contributed by atoms with Gasteiger partial charge in [-0.2, -0.15) is 0 Å². The van der Waals surface area contributed by atoms with Gasteiger partial charge in [0.1, 0.15) is 6.61 Å². The molecule has 1 aromatic rings. The summed E-state index contributed by atoms with van der Waals surface area (Å²) in [4.78, 5) is 12.4. The Labute approximate surface area is 160 Å². The molecule has 0 aliphatic rings. The number of anilines is 1. The highest BCUT2D eigenvalue weighted by Gasteiger charge is 2.28. The van der Waals surface area contributed by atoms with Crippen molar-refractivity contribution in [3.8, 4) is 0 Å². The van der Waals surface area contributed by atoms with Crippen LogP contribution in [0.4, 0.5) is 5.69 Å². The van der Waals surface area contributed by atoms with Gasteiger partial charge >= 0.3 is 5.97 Å². The van der Waals surface area contributed by atoms with E-state index in [0.717, 1.165) is 24.1 Å². The lowest BCUT2D eigenvalue weighted by molar-refractivity contribution is -0.155. The molecule has 1 rings (SSSR count). The number of unbranched alkanes of at least 4 members (excludes halogenated alkanes) is 4. The van der Waals surface area contributed by atoms with Crippen LogP contribution in [0.15, 0.2) is 24.3 Å². The van der Waals surface area contributed by atoms with Crippen LogP contribution in [0.25, 0.3) is 0 Å². The zero-order valence-corrected chi connectivity index (χ0v) is 17.6. The molecule has 0 aromatic heterocycles. The summed E-state index contributed by atoms with van der Waals surface area (Å²) in [7, 11) is 0. The number of ether oxygens (including phenoxy) is 1. The van der Waals surface area contributed by atoms with Crippen LogP contribution in [0.5, 0.6) is 0 Å². The Hall–Kier alpha value is -1.51. The molecule has 1 unspecified atom stereocenters. The van der Waals surface area contributed by atoms with E-state index in [2.05, 4.69) is 38.2 Å². The molecule has 0 aliphatic carbocycles. The van der Waals surface area contributed by atoms with Gasteiger partial charge in [-0.05, 0) is 51.3 Å². The first kappa shape index (κ1) is 22.5. The topological polar surface area (TPSA) is 38.3 Å². The first-order chi connectivity index (χ1) is 12.4. The molecular weight excluding hydrogens is 322 g/mol. The standard InChI is InChI=1S/C23H39NO2/c1-6-8-10-11-17-23(4,5)22(25)26-18-20-13-15-21(16-14-20)24-19(3)12-9-7-2/h13-16,19,24H,6-12,17-18H2,1-5H3. The maximum atomic E-state index is 12.4. The Balaban J connectivity index is 2.40. The summed E-state index contributed by atoms with van der Waals surface area (Å²) >= 11 is 0. The van der Waals surface area contributed by atoms with Gasteiger partial charge < -0.3 is 10.1 Å². The number of nitrogens with one attached hydrogen (secondary N) is 1. The van der Waals surface area contributed by atoms with E-state index in [1.54, 1.807) is 0 Å². The fourth-order valence-corrected chi connectivity index (χ4v) is 3.00. The summed E-state index contributed by atoms with van der Waals surface area (Å²) in [5, 5.41) is 3.52. The minimum atomic E-state index is -0.399. The van der Waals surface area contributed by atoms with E-state index in [1.165, 1.54) is 38.5 Å². The van der Waals surface area contributed by atoms with Crippen molar-refractivity contribution < 1.29 is 9.53 Å². The SMILES string of the molecule is CCCCCCC(C)(C)C(=O)OCc1ccc(NC(C)CCCC)cc1. The number of carbonyl (C=O) groups is 1. The van der Waals surface area contributed by atoms with E-state index in [1.807, 2.05) is 26.0 Å². The molecule has 0 saturated carbocycles. The molecule has 3 heteroatoms. The molecule has 0 amide bonds. The largest absolute Gasteiger partial charge is 0.460 e. The molecular formula is C23H39NO2. The first-order valence-electron chi connectivity index (χ1n) is 10.4. The molecule has 1 aromatic carbocycles. The van der Waals surface area contributed by atoms with Crippen LogP contribution in [-0.4, -0.2) is 12.0 Å². The van der Waals surface area contributed by atoms with Crippen LogP contribution in [0.2, 0.25) is 0 Å². The van der Waals surface area contributed by atoms with E-state index in [0.29, 0.717) is 12.6 Å². The Morgan fingerprint density at radius 3 is 2.31 bits per heavy atom. The van der Waals surface area contributed by atoms with Gasteiger partial charge in [-0.15, -0.1) is 0 Å². The highest BCUT2D eigenvalue weighted by atomic mass is 16.5. The normalized spacial score (nSPS) is 12.7. The Bertz CT molecular complexity index is 507. The summed E-state index contributed by atoms with van der Waals surface area (Å²) < 4.78 is 5.56. The second kappa shape index (κ2) is 12.0. The number of hydrogen-bond donors (Lipinski definition) is 1. The minimum Gasteiger partial charge on any atom is -0.460 e. The highest BCUT2D eigenvalue weighted by Crippen LogP contribution is 2.26. The van der Waals surface area contributed by atoms with Crippen LogP contribution < -0.4 is 5.32 Å². The average molecular weight is 362 g/mol. The summed E-state index contributed by atoms with van der Waals surface area (Å²) in [5.74, 6) is -0.0932. The van der Waals surface area contributed by atoms with Crippen molar-refractivity contribution in [2.24, 2.45) is 5.41 Å². The molecule has 0 spiro atoms. The number of rotatable bonds is 13. The third kappa shape index (κ3) is 8.73. The number of esters is 1. The molecule has 0 fully saturated rings. The van der Waals surface area contributed by atoms with Gasteiger partial charge in [0.05, 0.1) is 5.41 Å². The van der Waals surface area contributed by atoms with Crippen LogP contribution in [0, 0.1) is 5.41 Å². The van der Waals surface area contributed by atoms with Crippen molar-refractivity contribution in [3.05, 3.63) is 29.8 Å². The predicted octanol–water partition coefficient (Wildman–Crippen LogP) is 6.72. The molecule has 0 saturated heterocycles. The molecule has 26 heavy (non-hydrogen) atoms. The Morgan fingerprint density at radius 2 is 1.69 bits per heavy atom. The van der Waals surface area contributed by atoms with Crippen molar-refractivity contribution >= 4 is 11.7 Å². The lowest BCUT2D eigenvalue weighted by Crippen LogP contribution is -2.26. The molecule has 1 atom stereocenters. The zero-order valence-electron chi connectivity index (χ0n) is 17.6. The van der Waals surface area contributed by atoms with Gasteiger partial charge in [-0.25, -0.2) is 0 Å². The van der Waals surface area contributed by atoms with E-state index in [9.17, 15) is 4.79 Å². The van der Waals surface area contributed by atoms with Crippen molar-refractivity contribution in [2.75, 3.05) is 5.32 Å². The van der Waals surface area contributed by atoms with Gasteiger partial charge in [0.2, 0.25) is 0 Å². The summed E-state index contributed by atoms with van der Waals surface area (Å²) in [6, 6.07) is 8.70. The van der Waals surface area contributed by atoms with Crippen LogP contribution in [0.1, 0.15) is 91.5 Å². The maximum absolute atomic E-state index is 12.4. The lowest BCUT2D eigenvalue weighted by Gasteiger charge is -2.22. The molecule has 0 heterocycles. The predicted molar refractivity (Wildman–Crippen MR) is 111 cm³/mol. The van der Waals surface area contributed by atoms with E-state index < -0.39 is 5.41 Å². The number of benzene rings is 1. The van der Waals surface area contributed by atoms with Crippen molar-refractivity contribution in [1.29, 1.82) is 0 Å². The molecule has 3 nitrogen and oxygen atoms in total. The second-order valence-electron chi connectivity index (χ2n) is 8.16. The zero-order chi connectivity index (χ0) is 19.4. The van der Waals surface area contributed by atoms with Crippen LogP contribution in [-0.2, 0) is 16.1 Å². The number of hydrogen-bond acceptors (Lipinski definition) is 3. The maximum Gasteiger partial charge on any atom is 0.311 e. The molecule has 148 valence electrons. The summed E-state index contributed by atoms with van der Waals surface area (Å²) in [5.41, 5.74) is 1.76. The minimum absolute atomic E-state index is 0.0932. The molecule has 0 aliphatic heterocycles. The Morgan fingerprint density at radius 1 is 1.04 bits per heavy atom. The van der Waals surface area contributed by atoms with Gasteiger partial charge in [0.25, 0.3) is 0 Å². The number of carbonyl (C=O) groups excluding carboxylic acids is 1. The average Bonchev–Trinajstić information content (AvgIpc) is 2.62. The third-order valence-electron chi connectivity index (χ3n) is 4.94. The van der Waals surface area contributed by atoms with Crippen molar-refractivity contribution in [3.63, 3.8) is 0 Å². The van der Waals surface area contributed by atoms with E-state index >= 15 is 0 Å². The Kier molecular flexibility index (Phi) is 10.4. The summed E-state index contributed by atoms with van der Waals surface area (Å²) in [6.07, 6.45) is 9.29. The molecule has 1 N–H and O–H groups in total. The fourth-order valence-electron chi connectivity index (χ4n) is 3.00.